The number of nitrogens with zero attached hydrogens (tertiary/aromatic N) is 1. The summed E-state index contributed by atoms with van der Waals surface area (Å²) in [5, 5.41) is 0. The fourth-order valence-electron chi connectivity index (χ4n) is 1.88. The quantitative estimate of drug-likeness (QED) is 0.786. The first-order valence-corrected chi connectivity index (χ1v) is 5.58. The number of aromatic nitrogens is 2. The van der Waals surface area contributed by atoms with Crippen molar-refractivity contribution < 1.29 is 9.47 Å². The van der Waals surface area contributed by atoms with Gasteiger partial charge in [0.15, 0.2) is 4.77 Å². The average molecular weight is 246 g/mol. The van der Waals surface area contributed by atoms with Crippen molar-refractivity contribution in [2.24, 2.45) is 0 Å². The lowest BCUT2D eigenvalue weighted by Crippen LogP contribution is -2.08. The highest BCUT2D eigenvalue weighted by atomic mass is 32.1. The number of rotatable bonds is 1. The maximum Gasteiger partial charge on any atom is 0.197 e. The van der Waals surface area contributed by atoms with Gasteiger partial charge in [0.1, 0.15) is 18.1 Å². The molecule has 5 heteroatoms. The van der Waals surface area contributed by atoms with Crippen LogP contribution in [0.2, 0.25) is 0 Å². The van der Waals surface area contributed by atoms with Crippen molar-refractivity contribution in [3.63, 3.8) is 0 Å². The van der Waals surface area contributed by atoms with E-state index in [0.29, 0.717) is 11.4 Å². The molecule has 0 spiro atoms. The molecule has 1 aliphatic heterocycles. The van der Waals surface area contributed by atoms with Crippen LogP contribution in [0, 0.1) is 4.77 Å². The van der Waals surface area contributed by atoms with E-state index in [2.05, 4.69) is 9.97 Å². The molecule has 0 amide bonds. The smallest absolute Gasteiger partial charge is 0.197 e. The maximum atomic E-state index is 5.66. The van der Waals surface area contributed by atoms with Crippen molar-refractivity contribution in [1.29, 1.82) is 0 Å². The highest BCUT2D eigenvalue weighted by Crippen LogP contribution is 2.37. The summed E-state index contributed by atoms with van der Waals surface area (Å²) in [7, 11) is 1.63. The van der Waals surface area contributed by atoms with Crippen molar-refractivity contribution in [2.75, 3.05) is 7.11 Å². The van der Waals surface area contributed by atoms with Crippen molar-refractivity contribution in [2.45, 2.75) is 6.61 Å². The Kier molecular flexibility index (Phi) is 2.33. The minimum atomic E-state index is 0.479. The minimum Gasteiger partial charge on any atom is -0.497 e. The van der Waals surface area contributed by atoms with Gasteiger partial charge in [-0.25, -0.2) is 4.98 Å². The predicted octanol–water partition coefficient (Wildman–Crippen LogP) is 2.71. The molecule has 0 bridgehead atoms. The lowest BCUT2D eigenvalue weighted by molar-refractivity contribution is 0.298. The van der Waals surface area contributed by atoms with Crippen molar-refractivity contribution in [1.82, 2.24) is 9.97 Å². The Labute approximate surface area is 103 Å². The fraction of sp³-hybridized carbons (Fsp3) is 0.167. The topological polar surface area (TPSA) is 47.1 Å². The van der Waals surface area contributed by atoms with Crippen LogP contribution in [-0.4, -0.2) is 17.1 Å². The average Bonchev–Trinajstić information content (AvgIpc) is 2.37. The van der Waals surface area contributed by atoms with Crippen LogP contribution < -0.4 is 9.47 Å². The van der Waals surface area contributed by atoms with Crippen molar-refractivity contribution in [3.8, 4) is 22.8 Å². The van der Waals surface area contributed by atoms with E-state index >= 15 is 0 Å². The van der Waals surface area contributed by atoms with Crippen LogP contribution in [-0.2, 0) is 6.61 Å². The molecule has 2 heterocycles. The molecule has 0 fully saturated rings. The molecule has 1 aromatic heterocycles. The van der Waals surface area contributed by atoms with E-state index in [1.807, 2.05) is 18.2 Å². The largest absolute Gasteiger partial charge is 0.497 e. The number of methoxy groups -OCH3 is 1. The van der Waals surface area contributed by atoms with E-state index < -0.39 is 0 Å². The molecular formula is C12H10N2O2S. The molecule has 0 radical (unpaired) electrons. The zero-order valence-corrected chi connectivity index (χ0v) is 10.0. The first-order valence-electron chi connectivity index (χ1n) is 5.17. The third-order valence-corrected chi connectivity index (χ3v) is 2.94. The van der Waals surface area contributed by atoms with E-state index in [9.17, 15) is 0 Å². The number of ether oxygens (including phenoxy) is 2. The second-order valence-electron chi connectivity index (χ2n) is 3.74. The molecule has 1 N–H and O–H groups in total. The normalized spacial score (nSPS) is 12.3. The van der Waals surface area contributed by atoms with E-state index in [1.54, 1.807) is 13.3 Å². The molecule has 1 aromatic carbocycles. The van der Waals surface area contributed by atoms with Gasteiger partial charge in [0.25, 0.3) is 0 Å². The van der Waals surface area contributed by atoms with E-state index in [4.69, 9.17) is 21.7 Å². The second kappa shape index (κ2) is 3.85. The Hall–Kier alpha value is -1.88. The Morgan fingerprint density at radius 1 is 1.47 bits per heavy atom. The molecule has 2 aromatic rings. The zero-order valence-electron chi connectivity index (χ0n) is 9.19. The standard InChI is InChI=1S/C12H10N2O2S/c1-15-8-2-3-9-10(4-8)16-6-7-5-13-12(17)14-11(7)9/h2-5H,6H2,1H3,(H,13,14,17). The van der Waals surface area contributed by atoms with Crippen LogP contribution in [0.25, 0.3) is 11.3 Å². The summed E-state index contributed by atoms with van der Waals surface area (Å²) in [6, 6.07) is 5.72. The lowest BCUT2D eigenvalue weighted by Gasteiger charge is -2.20. The van der Waals surface area contributed by atoms with Crippen LogP contribution in [0.1, 0.15) is 5.56 Å². The molecule has 0 saturated carbocycles. The fourth-order valence-corrected chi connectivity index (χ4v) is 2.04. The molecule has 4 nitrogen and oxygen atoms in total. The highest BCUT2D eigenvalue weighted by molar-refractivity contribution is 7.71. The lowest BCUT2D eigenvalue weighted by atomic mass is 10.0. The Morgan fingerprint density at radius 2 is 2.35 bits per heavy atom. The summed E-state index contributed by atoms with van der Waals surface area (Å²) in [5.74, 6) is 1.58. The molecular weight excluding hydrogens is 236 g/mol. The van der Waals surface area contributed by atoms with Crippen LogP contribution in [0.5, 0.6) is 11.5 Å². The number of fused-ring (bicyclic) bond motifs is 3. The summed E-state index contributed by atoms with van der Waals surface area (Å²) in [6.45, 7) is 0.495. The highest BCUT2D eigenvalue weighted by Gasteiger charge is 2.18. The molecule has 86 valence electrons. The summed E-state index contributed by atoms with van der Waals surface area (Å²) < 4.78 is 11.3. The second-order valence-corrected chi connectivity index (χ2v) is 4.13. The van der Waals surface area contributed by atoms with Gasteiger partial charge in [-0.3, -0.25) is 0 Å². The number of H-pyrrole nitrogens is 1. The first-order chi connectivity index (χ1) is 8.28. The maximum absolute atomic E-state index is 5.66. The number of benzene rings is 1. The first kappa shape index (κ1) is 10.3. The molecule has 1 aliphatic rings. The van der Waals surface area contributed by atoms with E-state index in [-0.39, 0.29) is 0 Å². The summed E-state index contributed by atoms with van der Waals surface area (Å²) in [4.78, 5) is 7.16. The molecule has 0 atom stereocenters. The SMILES string of the molecule is COc1ccc2c(c1)OCc1cnc(=S)[nH]c1-2. The zero-order chi connectivity index (χ0) is 11.8. The van der Waals surface area contributed by atoms with Gasteiger partial charge in [-0.15, -0.1) is 0 Å². The van der Waals surface area contributed by atoms with Crippen LogP contribution in [0.4, 0.5) is 0 Å². The summed E-state index contributed by atoms with van der Waals surface area (Å²) >= 11 is 5.04. The Bertz CT molecular complexity index is 637. The Balaban J connectivity index is 2.22. The minimum absolute atomic E-state index is 0.479. The molecule has 0 unspecified atom stereocenters. The molecule has 0 aliphatic carbocycles. The summed E-state index contributed by atoms with van der Waals surface area (Å²) in [6.07, 6.45) is 1.75. The van der Waals surface area contributed by atoms with Gasteiger partial charge in [0, 0.05) is 23.4 Å². The van der Waals surface area contributed by atoms with Crippen LogP contribution >= 0.6 is 12.2 Å². The van der Waals surface area contributed by atoms with Gasteiger partial charge in [-0.2, -0.15) is 0 Å². The molecule has 3 rings (SSSR count). The third-order valence-electron chi connectivity index (χ3n) is 2.73. The monoisotopic (exact) mass is 246 g/mol. The van der Waals surface area contributed by atoms with E-state index in [1.165, 1.54) is 0 Å². The number of nitrogens with one attached hydrogen (secondary N) is 1. The van der Waals surface area contributed by atoms with Gasteiger partial charge in [0.05, 0.1) is 12.8 Å². The Morgan fingerprint density at radius 3 is 3.18 bits per heavy atom. The van der Waals surface area contributed by atoms with Gasteiger partial charge in [-0.05, 0) is 24.4 Å². The van der Waals surface area contributed by atoms with Gasteiger partial charge in [0.2, 0.25) is 0 Å². The van der Waals surface area contributed by atoms with Gasteiger partial charge in [-0.1, -0.05) is 0 Å². The molecule has 17 heavy (non-hydrogen) atoms. The third kappa shape index (κ3) is 1.68. The number of hydrogen-bond acceptors (Lipinski definition) is 4. The number of hydrogen-bond donors (Lipinski definition) is 1. The molecule has 0 saturated heterocycles. The van der Waals surface area contributed by atoms with E-state index in [0.717, 1.165) is 28.3 Å². The predicted molar refractivity (Wildman–Crippen MR) is 65.7 cm³/mol. The van der Waals surface area contributed by atoms with Gasteiger partial charge >= 0.3 is 0 Å². The van der Waals surface area contributed by atoms with Crippen molar-refractivity contribution >= 4 is 12.2 Å². The van der Waals surface area contributed by atoms with Crippen LogP contribution in [0.15, 0.2) is 24.4 Å². The van der Waals surface area contributed by atoms with Crippen molar-refractivity contribution in [3.05, 3.63) is 34.7 Å². The van der Waals surface area contributed by atoms with Gasteiger partial charge < -0.3 is 14.5 Å². The summed E-state index contributed by atoms with van der Waals surface area (Å²) in [5.41, 5.74) is 2.98. The van der Waals surface area contributed by atoms with Crippen LogP contribution in [0.3, 0.4) is 0 Å². The number of aromatic amines is 1.